The summed E-state index contributed by atoms with van der Waals surface area (Å²) >= 11 is 1.64. The molecular weight excluding hydrogens is 212 g/mol. The number of hydrogen-bond acceptors (Lipinski definition) is 5. The lowest BCUT2D eigenvalue weighted by Gasteiger charge is -2.01. The topological polar surface area (TPSA) is 43.4 Å². The number of nitrogens with zero attached hydrogens (tertiary/aromatic N) is 1. The van der Waals surface area contributed by atoms with Gasteiger partial charge in [-0.25, -0.2) is 4.98 Å². The van der Waals surface area contributed by atoms with Gasteiger partial charge in [0.2, 0.25) is 0 Å². The highest BCUT2D eigenvalue weighted by atomic mass is 32.1. The van der Waals surface area contributed by atoms with E-state index in [2.05, 4.69) is 15.7 Å². The van der Waals surface area contributed by atoms with Gasteiger partial charge in [-0.1, -0.05) is 0 Å². The molecule has 0 spiro atoms. The molecule has 0 saturated heterocycles. The molecule has 0 radical (unpaired) electrons. The molecule has 5 heteroatoms. The molecule has 0 saturated carbocycles. The molecule has 1 heterocycles. The van der Waals surface area contributed by atoms with Crippen molar-refractivity contribution in [2.45, 2.75) is 19.6 Å². The second-order valence-electron chi connectivity index (χ2n) is 3.19. The van der Waals surface area contributed by atoms with Crippen LogP contribution >= 0.6 is 11.3 Å². The second-order valence-corrected chi connectivity index (χ2v) is 4.13. The van der Waals surface area contributed by atoms with Crippen molar-refractivity contribution in [3.05, 3.63) is 16.1 Å². The van der Waals surface area contributed by atoms with Gasteiger partial charge in [0.05, 0.1) is 12.3 Å². The molecule has 0 aliphatic rings. The molecule has 0 atom stereocenters. The van der Waals surface area contributed by atoms with E-state index in [1.165, 1.54) is 0 Å². The Hall–Kier alpha value is -0.490. The van der Waals surface area contributed by atoms with E-state index >= 15 is 0 Å². The Morgan fingerprint density at radius 3 is 3.00 bits per heavy atom. The minimum absolute atomic E-state index is 0.605. The summed E-state index contributed by atoms with van der Waals surface area (Å²) in [6, 6.07) is 0. The zero-order valence-electron chi connectivity index (χ0n) is 9.28. The maximum atomic E-state index is 5.01. The zero-order valence-corrected chi connectivity index (χ0v) is 10.1. The predicted octanol–water partition coefficient (Wildman–Crippen LogP) is 1.42. The normalized spacial score (nSPS) is 10.8. The third kappa shape index (κ3) is 5.22. The van der Waals surface area contributed by atoms with Crippen molar-refractivity contribution in [3.8, 4) is 0 Å². The van der Waals surface area contributed by atoms with Crippen LogP contribution in [0.2, 0.25) is 0 Å². The number of ether oxygens (including phenoxy) is 2. The standard InChI is InChI=1S/C10H18N2O2S/c1-13-5-3-4-11-6-9-8-15-10(12-9)7-14-2/h8,11H,3-7H2,1-2H3. The van der Waals surface area contributed by atoms with E-state index in [1.807, 2.05) is 0 Å². The number of thiazole rings is 1. The first-order valence-electron chi connectivity index (χ1n) is 4.98. The van der Waals surface area contributed by atoms with Crippen molar-refractivity contribution in [2.75, 3.05) is 27.4 Å². The van der Waals surface area contributed by atoms with E-state index in [4.69, 9.17) is 9.47 Å². The molecule has 0 bridgehead atoms. The summed E-state index contributed by atoms with van der Waals surface area (Å²) in [5.74, 6) is 0. The third-order valence-corrected chi connectivity index (χ3v) is 2.75. The average molecular weight is 230 g/mol. The van der Waals surface area contributed by atoms with Crippen LogP contribution in [0.4, 0.5) is 0 Å². The van der Waals surface area contributed by atoms with Crippen LogP contribution in [0.15, 0.2) is 5.38 Å². The molecule has 1 rings (SSSR count). The van der Waals surface area contributed by atoms with Crippen molar-refractivity contribution in [3.63, 3.8) is 0 Å². The van der Waals surface area contributed by atoms with E-state index in [9.17, 15) is 0 Å². The maximum Gasteiger partial charge on any atom is 0.119 e. The lowest BCUT2D eigenvalue weighted by Crippen LogP contribution is -2.16. The van der Waals surface area contributed by atoms with E-state index in [0.717, 1.165) is 36.8 Å². The Labute approximate surface area is 94.6 Å². The van der Waals surface area contributed by atoms with Crippen LogP contribution in [-0.2, 0) is 22.6 Å². The van der Waals surface area contributed by atoms with Crippen LogP contribution in [0.25, 0.3) is 0 Å². The fourth-order valence-electron chi connectivity index (χ4n) is 1.18. The second kappa shape index (κ2) is 7.76. The van der Waals surface area contributed by atoms with E-state index < -0.39 is 0 Å². The fourth-order valence-corrected chi connectivity index (χ4v) is 1.94. The molecular formula is C10H18N2O2S. The summed E-state index contributed by atoms with van der Waals surface area (Å²) in [5.41, 5.74) is 1.09. The van der Waals surface area contributed by atoms with E-state index in [1.54, 1.807) is 25.6 Å². The van der Waals surface area contributed by atoms with Gasteiger partial charge >= 0.3 is 0 Å². The van der Waals surface area contributed by atoms with Crippen LogP contribution in [0.3, 0.4) is 0 Å². The van der Waals surface area contributed by atoms with Crippen molar-refractivity contribution in [1.82, 2.24) is 10.3 Å². The van der Waals surface area contributed by atoms with Gasteiger partial charge in [0.25, 0.3) is 0 Å². The van der Waals surface area contributed by atoms with Crippen molar-refractivity contribution < 1.29 is 9.47 Å². The van der Waals surface area contributed by atoms with Gasteiger partial charge in [-0.15, -0.1) is 11.3 Å². The third-order valence-electron chi connectivity index (χ3n) is 1.88. The van der Waals surface area contributed by atoms with E-state index in [0.29, 0.717) is 6.61 Å². The van der Waals surface area contributed by atoms with Gasteiger partial charge in [0.15, 0.2) is 0 Å². The van der Waals surface area contributed by atoms with Crippen LogP contribution in [-0.4, -0.2) is 32.4 Å². The number of hydrogen-bond donors (Lipinski definition) is 1. The fraction of sp³-hybridized carbons (Fsp3) is 0.700. The predicted molar refractivity (Wildman–Crippen MR) is 61.0 cm³/mol. The number of methoxy groups -OCH3 is 2. The smallest absolute Gasteiger partial charge is 0.119 e. The van der Waals surface area contributed by atoms with Crippen molar-refractivity contribution in [2.24, 2.45) is 0 Å². The molecule has 0 amide bonds. The Balaban J connectivity index is 2.14. The van der Waals surface area contributed by atoms with E-state index in [-0.39, 0.29) is 0 Å². The summed E-state index contributed by atoms with van der Waals surface area (Å²) < 4.78 is 9.97. The first kappa shape index (κ1) is 12.6. The van der Waals surface area contributed by atoms with Gasteiger partial charge in [-0.3, -0.25) is 0 Å². The van der Waals surface area contributed by atoms with Gasteiger partial charge in [-0.05, 0) is 13.0 Å². The van der Waals surface area contributed by atoms with Crippen LogP contribution < -0.4 is 5.32 Å². The summed E-state index contributed by atoms with van der Waals surface area (Å²) in [6.45, 7) is 3.20. The van der Waals surface area contributed by atoms with Crippen molar-refractivity contribution >= 4 is 11.3 Å². The lowest BCUT2D eigenvalue weighted by molar-refractivity contribution is 0.184. The quantitative estimate of drug-likeness (QED) is 0.686. The van der Waals surface area contributed by atoms with Gasteiger partial charge < -0.3 is 14.8 Å². The van der Waals surface area contributed by atoms with Crippen molar-refractivity contribution in [1.29, 1.82) is 0 Å². The van der Waals surface area contributed by atoms with Gasteiger partial charge in [0, 0.05) is 32.8 Å². The first-order chi connectivity index (χ1) is 7.36. The van der Waals surface area contributed by atoms with Crippen LogP contribution in [0.5, 0.6) is 0 Å². The molecule has 1 aromatic rings. The molecule has 15 heavy (non-hydrogen) atoms. The highest BCUT2D eigenvalue weighted by molar-refractivity contribution is 7.09. The Bertz CT molecular complexity index is 266. The molecule has 1 N–H and O–H groups in total. The molecule has 0 aliphatic carbocycles. The largest absolute Gasteiger partial charge is 0.385 e. The molecule has 0 fully saturated rings. The van der Waals surface area contributed by atoms with Gasteiger partial charge in [-0.2, -0.15) is 0 Å². The Morgan fingerprint density at radius 2 is 2.27 bits per heavy atom. The summed E-state index contributed by atoms with van der Waals surface area (Å²) in [6.07, 6.45) is 1.03. The first-order valence-corrected chi connectivity index (χ1v) is 5.86. The molecule has 4 nitrogen and oxygen atoms in total. The lowest BCUT2D eigenvalue weighted by atomic mass is 10.4. The number of aromatic nitrogens is 1. The van der Waals surface area contributed by atoms with Gasteiger partial charge in [0.1, 0.15) is 5.01 Å². The summed E-state index contributed by atoms with van der Waals surface area (Å²) in [4.78, 5) is 4.42. The highest BCUT2D eigenvalue weighted by Crippen LogP contribution is 2.10. The Morgan fingerprint density at radius 1 is 1.40 bits per heavy atom. The Kier molecular flexibility index (Phi) is 6.50. The number of rotatable bonds is 8. The summed E-state index contributed by atoms with van der Waals surface area (Å²) in [5, 5.41) is 6.42. The monoisotopic (exact) mass is 230 g/mol. The SMILES string of the molecule is COCCCNCc1csc(COC)n1. The highest BCUT2D eigenvalue weighted by Gasteiger charge is 2.00. The molecule has 0 aliphatic heterocycles. The minimum Gasteiger partial charge on any atom is -0.385 e. The zero-order chi connectivity index (χ0) is 10.9. The average Bonchev–Trinajstić information content (AvgIpc) is 2.66. The van der Waals surface area contributed by atoms with Crippen LogP contribution in [0, 0.1) is 0 Å². The minimum atomic E-state index is 0.605. The molecule has 86 valence electrons. The number of nitrogens with one attached hydrogen (secondary N) is 1. The van der Waals surface area contributed by atoms with Crippen LogP contribution in [0.1, 0.15) is 17.1 Å². The maximum absolute atomic E-state index is 5.01. The molecule has 0 aromatic carbocycles. The molecule has 0 unspecified atom stereocenters. The molecule has 1 aromatic heterocycles. The summed E-state index contributed by atoms with van der Waals surface area (Å²) in [7, 11) is 3.40.